The van der Waals surface area contributed by atoms with E-state index in [1.165, 1.54) is 0 Å². The summed E-state index contributed by atoms with van der Waals surface area (Å²) in [5, 5.41) is 9.88. The Morgan fingerprint density at radius 2 is 2.19 bits per heavy atom. The van der Waals surface area contributed by atoms with Crippen LogP contribution in [0.1, 0.15) is 29.3 Å². The highest BCUT2D eigenvalue weighted by Crippen LogP contribution is 2.39. The van der Waals surface area contributed by atoms with E-state index >= 15 is 0 Å². The highest BCUT2D eigenvalue weighted by Gasteiger charge is 2.47. The molecule has 7 nitrogen and oxygen atoms in total. The van der Waals surface area contributed by atoms with Crippen LogP contribution in [-0.4, -0.2) is 57.3 Å². The predicted octanol–water partition coefficient (Wildman–Crippen LogP) is 1.70. The van der Waals surface area contributed by atoms with Crippen molar-refractivity contribution in [2.45, 2.75) is 26.3 Å². The first-order valence-corrected chi connectivity index (χ1v) is 8.92. The van der Waals surface area contributed by atoms with Crippen molar-refractivity contribution in [3.8, 4) is 6.07 Å². The first kappa shape index (κ1) is 16.6. The molecule has 0 radical (unpaired) electrons. The lowest BCUT2D eigenvalue weighted by molar-refractivity contribution is -0.136. The molecule has 2 fully saturated rings. The first-order chi connectivity index (χ1) is 12.5. The lowest BCUT2D eigenvalue weighted by Gasteiger charge is -2.40. The number of hydrogen-bond donors (Lipinski definition) is 1. The predicted molar refractivity (Wildman–Crippen MR) is 95.1 cm³/mol. The number of aromatic nitrogens is 2. The molecule has 1 aliphatic carbocycles. The number of pyridine rings is 1. The van der Waals surface area contributed by atoms with Crippen LogP contribution in [-0.2, 0) is 4.79 Å². The second-order valence-corrected chi connectivity index (χ2v) is 7.30. The monoisotopic (exact) mass is 351 g/mol. The van der Waals surface area contributed by atoms with Crippen molar-refractivity contribution in [1.82, 2.24) is 19.8 Å². The fourth-order valence-electron chi connectivity index (χ4n) is 3.73. The maximum Gasteiger partial charge on any atom is 0.255 e. The number of amides is 2. The summed E-state index contributed by atoms with van der Waals surface area (Å²) < 4.78 is 0. The number of carbonyl (C=O) groups is 2. The zero-order chi connectivity index (χ0) is 18.4. The minimum Gasteiger partial charge on any atom is -0.346 e. The van der Waals surface area contributed by atoms with Gasteiger partial charge in [0.05, 0.1) is 23.5 Å². The number of rotatable bonds is 2. The number of nitrogens with one attached hydrogen (secondary N) is 1. The second kappa shape index (κ2) is 6.13. The normalized spacial score (nSPS) is 25.2. The third-order valence-electron chi connectivity index (χ3n) is 5.46. The van der Waals surface area contributed by atoms with Crippen LogP contribution >= 0.6 is 0 Å². The van der Waals surface area contributed by atoms with Gasteiger partial charge in [0.25, 0.3) is 5.91 Å². The Bertz CT molecular complexity index is 928. The fourth-order valence-corrected chi connectivity index (χ4v) is 3.73. The molecule has 3 heterocycles. The third-order valence-corrected chi connectivity index (χ3v) is 5.46. The molecule has 0 spiro atoms. The van der Waals surface area contributed by atoms with E-state index in [2.05, 4.69) is 16.0 Å². The molecule has 3 atom stereocenters. The molecule has 2 aromatic heterocycles. The smallest absolute Gasteiger partial charge is 0.255 e. The minimum absolute atomic E-state index is 0.0502. The van der Waals surface area contributed by atoms with Gasteiger partial charge >= 0.3 is 0 Å². The van der Waals surface area contributed by atoms with Gasteiger partial charge in [-0.15, -0.1) is 0 Å². The van der Waals surface area contributed by atoms with E-state index in [1.807, 2.05) is 31.0 Å². The Hall–Kier alpha value is -2.88. The molecule has 1 saturated heterocycles. The average molecular weight is 351 g/mol. The van der Waals surface area contributed by atoms with Gasteiger partial charge in [0.15, 0.2) is 0 Å². The SMILES string of the molecule is Cc1c[nH]c2ncc(C(=O)N3CCN(C(=O)[C@@H]4C[C@H]4C#N)[C@@H](C)C3)cc12. The number of fused-ring (bicyclic) bond motifs is 1. The van der Waals surface area contributed by atoms with E-state index in [1.54, 1.807) is 11.1 Å². The van der Waals surface area contributed by atoms with Gasteiger partial charge in [0.1, 0.15) is 5.65 Å². The summed E-state index contributed by atoms with van der Waals surface area (Å²) >= 11 is 0. The van der Waals surface area contributed by atoms with Gasteiger partial charge in [-0.2, -0.15) is 5.26 Å². The molecule has 0 aromatic carbocycles. The Morgan fingerprint density at radius 3 is 2.88 bits per heavy atom. The summed E-state index contributed by atoms with van der Waals surface area (Å²) in [6.07, 6.45) is 4.15. The maximum absolute atomic E-state index is 12.9. The lowest BCUT2D eigenvalue weighted by atomic mass is 10.1. The fraction of sp³-hybridized carbons (Fsp3) is 0.474. The van der Waals surface area contributed by atoms with Crippen LogP contribution in [0.2, 0.25) is 0 Å². The molecule has 0 unspecified atom stereocenters. The van der Waals surface area contributed by atoms with Crippen molar-refractivity contribution in [3.05, 3.63) is 29.6 Å². The number of aromatic amines is 1. The summed E-state index contributed by atoms with van der Waals surface area (Å²) in [5.74, 6) is -0.271. The number of aryl methyl sites for hydroxylation is 1. The number of nitrogens with zero attached hydrogens (tertiary/aromatic N) is 4. The molecule has 26 heavy (non-hydrogen) atoms. The Balaban J connectivity index is 1.46. The van der Waals surface area contributed by atoms with Crippen LogP contribution in [0, 0.1) is 30.1 Å². The number of carbonyl (C=O) groups excluding carboxylic acids is 2. The Morgan fingerprint density at radius 1 is 1.38 bits per heavy atom. The molecule has 1 aliphatic heterocycles. The standard InChI is InChI=1S/C19H21N5O2/c1-11-8-21-17-15(11)6-14(9-22-17)18(25)23-3-4-24(12(2)10-23)19(26)16-5-13(16)7-20/h6,8-9,12-13,16H,3-5,10H2,1-2H3,(H,21,22)/t12-,13-,16+/m0/s1. The van der Waals surface area contributed by atoms with E-state index in [-0.39, 0.29) is 29.7 Å². The molecule has 0 bridgehead atoms. The summed E-state index contributed by atoms with van der Waals surface area (Å²) in [6, 6.07) is 3.99. The van der Waals surface area contributed by atoms with E-state index in [0.29, 0.717) is 31.6 Å². The molecule has 134 valence electrons. The van der Waals surface area contributed by atoms with E-state index in [9.17, 15) is 9.59 Å². The van der Waals surface area contributed by atoms with Crippen LogP contribution in [0.4, 0.5) is 0 Å². The molecule has 2 amide bonds. The Labute approximate surface area is 151 Å². The number of hydrogen-bond acceptors (Lipinski definition) is 4. The van der Waals surface area contributed by atoms with Gasteiger partial charge in [-0.05, 0) is 31.9 Å². The van der Waals surface area contributed by atoms with Crippen molar-refractivity contribution >= 4 is 22.8 Å². The zero-order valence-electron chi connectivity index (χ0n) is 14.9. The maximum atomic E-state index is 12.9. The first-order valence-electron chi connectivity index (χ1n) is 8.92. The van der Waals surface area contributed by atoms with Gasteiger partial charge in [-0.25, -0.2) is 4.98 Å². The van der Waals surface area contributed by atoms with Gasteiger partial charge in [-0.1, -0.05) is 0 Å². The van der Waals surface area contributed by atoms with Crippen molar-refractivity contribution in [3.63, 3.8) is 0 Å². The molecule has 4 rings (SSSR count). The largest absolute Gasteiger partial charge is 0.346 e. The Kier molecular flexibility index (Phi) is 3.91. The van der Waals surface area contributed by atoms with Gasteiger partial charge in [0.2, 0.25) is 5.91 Å². The molecule has 1 saturated carbocycles. The van der Waals surface area contributed by atoms with Gasteiger partial charge in [-0.3, -0.25) is 9.59 Å². The summed E-state index contributed by atoms with van der Waals surface area (Å²) in [4.78, 5) is 36.4. The molecule has 2 aliphatic rings. The average Bonchev–Trinajstić information content (AvgIpc) is 3.36. The van der Waals surface area contributed by atoms with Crippen LogP contribution in [0.3, 0.4) is 0 Å². The van der Waals surface area contributed by atoms with Crippen molar-refractivity contribution in [2.75, 3.05) is 19.6 Å². The summed E-state index contributed by atoms with van der Waals surface area (Å²) in [6.45, 7) is 5.45. The summed E-state index contributed by atoms with van der Waals surface area (Å²) in [5.41, 5.74) is 2.40. The minimum atomic E-state index is -0.145. The van der Waals surface area contributed by atoms with Crippen molar-refractivity contribution in [1.29, 1.82) is 5.26 Å². The molecular formula is C19H21N5O2. The van der Waals surface area contributed by atoms with Crippen LogP contribution in [0.25, 0.3) is 11.0 Å². The molecular weight excluding hydrogens is 330 g/mol. The molecule has 2 aromatic rings. The van der Waals surface area contributed by atoms with Crippen LogP contribution < -0.4 is 0 Å². The summed E-state index contributed by atoms with van der Waals surface area (Å²) in [7, 11) is 0. The van der Waals surface area contributed by atoms with E-state index < -0.39 is 0 Å². The van der Waals surface area contributed by atoms with Crippen molar-refractivity contribution in [2.24, 2.45) is 11.8 Å². The molecule has 7 heteroatoms. The number of H-pyrrole nitrogens is 1. The van der Waals surface area contributed by atoms with E-state index in [4.69, 9.17) is 5.26 Å². The number of piperazine rings is 1. The number of nitriles is 1. The topological polar surface area (TPSA) is 93.1 Å². The second-order valence-electron chi connectivity index (χ2n) is 7.30. The van der Waals surface area contributed by atoms with Gasteiger partial charge in [0, 0.05) is 43.5 Å². The van der Waals surface area contributed by atoms with Crippen molar-refractivity contribution < 1.29 is 9.59 Å². The van der Waals surface area contributed by atoms with Gasteiger partial charge < -0.3 is 14.8 Å². The molecule has 1 N–H and O–H groups in total. The third kappa shape index (κ3) is 2.71. The highest BCUT2D eigenvalue weighted by atomic mass is 16.2. The van der Waals surface area contributed by atoms with Crippen LogP contribution in [0.5, 0.6) is 0 Å². The zero-order valence-corrected chi connectivity index (χ0v) is 14.9. The van der Waals surface area contributed by atoms with E-state index in [0.717, 1.165) is 16.6 Å². The van der Waals surface area contributed by atoms with Crippen LogP contribution in [0.15, 0.2) is 18.5 Å². The highest BCUT2D eigenvalue weighted by molar-refractivity contribution is 5.97. The quantitative estimate of drug-likeness (QED) is 0.891. The lowest BCUT2D eigenvalue weighted by Crippen LogP contribution is -2.55.